The Kier molecular flexibility index (Phi) is 5.32. The van der Waals surface area contributed by atoms with Gasteiger partial charge in [-0.3, -0.25) is 0 Å². The Morgan fingerprint density at radius 1 is 1.53 bits per heavy atom. The van der Waals surface area contributed by atoms with Crippen LogP contribution in [0, 0.1) is 0 Å². The van der Waals surface area contributed by atoms with Crippen molar-refractivity contribution in [3.05, 3.63) is 28.5 Å². The van der Waals surface area contributed by atoms with Crippen molar-refractivity contribution in [3.63, 3.8) is 0 Å². The van der Waals surface area contributed by atoms with Crippen molar-refractivity contribution >= 4 is 33.5 Å². The molecule has 2 unspecified atom stereocenters. The number of rotatable bonds is 5. The third kappa shape index (κ3) is 3.64. The molecular weight excluding hydrogens is 313 g/mol. The second-order valence-electron chi connectivity index (χ2n) is 3.39. The van der Waals surface area contributed by atoms with Crippen molar-refractivity contribution in [2.45, 2.75) is 18.6 Å². The molecule has 94 valence electrons. The number of halogens is 2. The molecule has 0 aliphatic heterocycles. The van der Waals surface area contributed by atoms with Crippen LogP contribution in [-0.2, 0) is 0 Å². The summed E-state index contributed by atoms with van der Waals surface area (Å²) >= 11 is 8.85. The molecule has 0 saturated carbocycles. The molecule has 0 radical (unpaired) electrons. The first kappa shape index (κ1) is 14.4. The summed E-state index contributed by atoms with van der Waals surface area (Å²) in [7, 11) is 0. The monoisotopic (exact) mass is 323 g/mol. The molecule has 0 aromatic carbocycles. The quantitative estimate of drug-likeness (QED) is 0.716. The summed E-state index contributed by atoms with van der Waals surface area (Å²) < 4.78 is 0. The Balaban J connectivity index is 2.93. The Morgan fingerprint density at radius 3 is 2.65 bits per heavy atom. The Labute approximate surface area is 111 Å². The molecule has 17 heavy (non-hydrogen) atoms. The zero-order chi connectivity index (χ0) is 13.0. The topological polar surface area (TPSA) is 90.7 Å². The number of carboxylic acid groups (broad SMARTS) is 1. The van der Waals surface area contributed by atoms with Gasteiger partial charge in [-0.25, -0.2) is 9.78 Å². The number of pyridine rings is 1. The lowest BCUT2D eigenvalue weighted by atomic mass is 10.0. The highest BCUT2D eigenvalue weighted by atomic mass is 79.9. The van der Waals surface area contributed by atoms with E-state index >= 15 is 0 Å². The molecule has 0 aliphatic rings. The van der Waals surface area contributed by atoms with Gasteiger partial charge in [-0.2, -0.15) is 0 Å². The molecule has 2 atom stereocenters. The Bertz CT molecular complexity index is 415. The molecule has 0 amide bonds. The van der Waals surface area contributed by atoms with Crippen molar-refractivity contribution in [2.24, 2.45) is 0 Å². The van der Waals surface area contributed by atoms with Gasteiger partial charge in [-0.1, -0.05) is 27.5 Å². The summed E-state index contributed by atoms with van der Waals surface area (Å²) in [5, 5.41) is 28.5. The lowest BCUT2D eigenvalue weighted by molar-refractivity contribution is 0.0171. The average molecular weight is 325 g/mol. The zero-order valence-corrected chi connectivity index (χ0v) is 11.0. The van der Waals surface area contributed by atoms with E-state index in [1.165, 1.54) is 12.3 Å². The normalized spacial score (nSPS) is 14.4. The van der Waals surface area contributed by atoms with Crippen molar-refractivity contribution in [2.75, 3.05) is 5.33 Å². The second-order valence-corrected chi connectivity index (χ2v) is 4.59. The maximum atomic E-state index is 10.7. The van der Waals surface area contributed by atoms with Gasteiger partial charge in [0.25, 0.3) is 0 Å². The average Bonchev–Trinajstić information content (AvgIpc) is 2.27. The smallest absolute Gasteiger partial charge is 0.356 e. The van der Waals surface area contributed by atoms with Crippen LogP contribution in [0.5, 0.6) is 0 Å². The van der Waals surface area contributed by atoms with E-state index in [0.29, 0.717) is 11.8 Å². The summed E-state index contributed by atoms with van der Waals surface area (Å²) in [6.45, 7) is 0. The lowest BCUT2D eigenvalue weighted by Crippen LogP contribution is -2.19. The summed E-state index contributed by atoms with van der Waals surface area (Å²) in [4.78, 5) is 14.3. The maximum Gasteiger partial charge on any atom is 0.356 e. The molecule has 5 nitrogen and oxygen atoms in total. The van der Waals surface area contributed by atoms with Crippen LogP contribution in [-0.4, -0.2) is 37.7 Å². The molecule has 3 N–H and O–H groups in total. The minimum atomic E-state index is -1.24. The van der Waals surface area contributed by atoms with Gasteiger partial charge in [-0.15, -0.1) is 0 Å². The first-order valence-electron chi connectivity index (χ1n) is 4.78. The number of hydrogen-bond donors (Lipinski definition) is 3. The second kappa shape index (κ2) is 6.30. The molecule has 0 fully saturated rings. The van der Waals surface area contributed by atoms with Crippen LogP contribution in [0.25, 0.3) is 0 Å². The van der Waals surface area contributed by atoms with Crippen molar-refractivity contribution in [1.82, 2.24) is 4.98 Å². The summed E-state index contributed by atoms with van der Waals surface area (Å²) in [5.41, 5.74) is 0.00560. The molecule has 0 spiro atoms. The summed E-state index contributed by atoms with van der Waals surface area (Å²) in [6, 6.07) is 1.29. The third-order valence-electron chi connectivity index (χ3n) is 2.18. The number of nitrogens with zero attached hydrogens (tertiary/aromatic N) is 1. The summed E-state index contributed by atoms with van der Waals surface area (Å²) in [5.74, 6) is -1.24. The highest BCUT2D eigenvalue weighted by Gasteiger charge is 2.20. The molecule has 7 heteroatoms. The third-order valence-corrected chi connectivity index (χ3v) is 2.92. The van der Waals surface area contributed by atoms with Gasteiger partial charge in [0.05, 0.1) is 11.1 Å². The number of aliphatic hydroxyl groups is 2. The van der Waals surface area contributed by atoms with Crippen LogP contribution >= 0.6 is 27.5 Å². The fourth-order valence-corrected chi connectivity index (χ4v) is 1.99. The van der Waals surface area contributed by atoms with Crippen LogP contribution in [0.1, 0.15) is 28.6 Å². The van der Waals surface area contributed by atoms with Crippen LogP contribution in [0.2, 0.25) is 5.02 Å². The highest BCUT2D eigenvalue weighted by Crippen LogP contribution is 2.23. The van der Waals surface area contributed by atoms with Gasteiger partial charge in [0.2, 0.25) is 0 Å². The van der Waals surface area contributed by atoms with Gasteiger partial charge < -0.3 is 15.3 Å². The van der Waals surface area contributed by atoms with Crippen molar-refractivity contribution in [1.29, 1.82) is 0 Å². The van der Waals surface area contributed by atoms with Crippen molar-refractivity contribution in [3.8, 4) is 0 Å². The molecule has 0 saturated heterocycles. The summed E-state index contributed by atoms with van der Waals surface area (Å²) in [6.07, 6.45) is -0.542. The van der Waals surface area contributed by atoms with Gasteiger partial charge >= 0.3 is 5.97 Å². The van der Waals surface area contributed by atoms with E-state index in [0.717, 1.165) is 0 Å². The maximum absolute atomic E-state index is 10.7. The molecule has 0 aliphatic carbocycles. The number of aliphatic hydroxyl groups excluding tert-OH is 2. The number of aromatic carboxylic acids is 1. The van der Waals surface area contributed by atoms with Gasteiger partial charge in [0.1, 0.15) is 6.10 Å². The minimum Gasteiger partial charge on any atom is -0.476 e. The van der Waals surface area contributed by atoms with Crippen LogP contribution < -0.4 is 0 Å². The standard InChI is InChI=1S/C10H11BrClNO4/c11-2-1-7(14)9(15)5-3-6(12)8(10(16)17)13-4-5/h3-4,7,9,14-15H,1-2H2,(H,16,17). The van der Waals surface area contributed by atoms with E-state index in [1.807, 2.05) is 0 Å². The molecule has 0 bridgehead atoms. The fraction of sp³-hybridized carbons (Fsp3) is 0.400. The predicted octanol–water partition coefficient (Wildman–Crippen LogP) is 1.61. The van der Waals surface area contributed by atoms with Crippen molar-refractivity contribution < 1.29 is 20.1 Å². The number of alkyl halides is 1. The van der Waals surface area contributed by atoms with E-state index in [1.54, 1.807) is 0 Å². The van der Waals surface area contributed by atoms with E-state index in [9.17, 15) is 15.0 Å². The van der Waals surface area contributed by atoms with E-state index < -0.39 is 18.2 Å². The van der Waals surface area contributed by atoms with Crippen LogP contribution in [0.3, 0.4) is 0 Å². The SMILES string of the molecule is O=C(O)c1ncc(C(O)C(O)CCBr)cc1Cl. The molecule has 1 rings (SSSR count). The van der Waals surface area contributed by atoms with E-state index in [-0.39, 0.29) is 16.3 Å². The van der Waals surface area contributed by atoms with Crippen LogP contribution in [0.4, 0.5) is 0 Å². The first-order valence-corrected chi connectivity index (χ1v) is 6.28. The minimum absolute atomic E-state index is 0.0694. The van der Waals surface area contributed by atoms with Crippen LogP contribution in [0.15, 0.2) is 12.3 Å². The lowest BCUT2D eigenvalue weighted by Gasteiger charge is -2.17. The van der Waals surface area contributed by atoms with E-state index in [2.05, 4.69) is 20.9 Å². The molecule has 1 aromatic rings. The Morgan fingerprint density at radius 2 is 2.18 bits per heavy atom. The Hall–Kier alpha value is -0.690. The largest absolute Gasteiger partial charge is 0.476 e. The highest BCUT2D eigenvalue weighted by molar-refractivity contribution is 9.09. The fourth-order valence-electron chi connectivity index (χ4n) is 1.26. The number of carboxylic acids is 1. The first-order chi connectivity index (χ1) is 7.97. The molecule has 1 heterocycles. The number of carbonyl (C=O) groups is 1. The number of hydrogen-bond acceptors (Lipinski definition) is 4. The predicted molar refractivity (Wildman–Crippen MR) is 65.6 cm³/mol. The molecular formula is C10H11BrClNO4. The van der Waals surface area contributed by atoms with Gasteiger partial charge in [0, 0.05) is 17.1 Å². The molecule has 1 aromatic heterocycles. The van der Waals surface area contributed by atoms with E-state index in [4.69, 9.17) is 16.7 Å². The number of aromatic nitrogens is 1. The zero-order valence-electron chi connectivity index (χ0n) is 8.68. The van der Waals surface area contributed by atoms with Gasteiger partial charge in [0.15, 0.2) is 5.69 Å². The van der Waals surface area contributed by atoms with Gasteiger partial charge in [-0.05, 0) is 12.5 Å².